The Hall–Kier alpha value is -2.08. The fourth-order valence-corrected chi connectivity index (χ4v) is 1.97. The van der Waals surface area contributed by atoms with Crippen molar-refractivity contribution in [2.45, 2.75) is 0 Å². The maximum Gasteiger partial charge on any atom is 0.180 e. The lowest BCUT2D eigenvalue weighted by molar-refractivity contribution is 1.14. The molecule has 0 aliphatic carbocycles. The summed E-state index contributed by atoms with van der Waals surface area (Å²) in [7, 11) is 0. The number of hydrogen-bond acceptors (Lipinski definition) is 4. The number of nitrogens with one attached hydrogen (secondary N) is 1. The number of benzene rings is 1. The van der Waals surface area contributed by atoms with Gasteiger partial charge in [0, 0.05) is 22.6 Å². The fourth-order valence-electron chi connectivity index (χ4n) is 1.70. The highest BCUT2D eigenvalue weighted by Gasteiger charge is 2.06. The van der Waals surface area contributed by atoms with Gasteiger partial charge in [0.1, 0.15) is 5.82 Å². The molecule has 0 saturated carbocycles. The van der Waals surface area contributed by atoms with Crippen LogP contribution in [0.25, 0.3) is 5.65 Å². The summed E-state index contributed by atoms with van der Waals surface area (Å²) in [6.45, 7) is 0. The van der Waals surface area contributed by atoms with Crippen molar-refractivity contribution < 1.29 is 0 Å². The molecule has 0 saturated heterocycles. The molecule has 3 aromatic rings. The van der Waals surface area contributed by atoms with E-state index in [1.54, 1.807) is 12.4 Å². The van der Waals surface area contributed by atoms with Gasteiger partial charge in [-0.1, -0.05) is 15.9 Å². The Balaban J connectivity index is 2.03. The molecule has 90 valence electrons. The van der Waals surface area contributed by atoms with Gasteiger partial charge in [0.15, 0.2) is 11.5 Å². The van der Waals surface area contributed by atoms with E-state index in [4.69, 9.17) is 5.73 Å². The van der Waals surface area contributed by atoms with Crippen LogP contribution in [0.2, 0.25) is 0 Å². The molecule has 2 heterocycles. The topological polar surface area (TPSA) is 68.2 Å². The van der Waals surface area contributed by atoms with Gasteiger partial charge in [0.2, 0.25) is 0 Å². The first-order valence-corrected chi connectivity index (χ1v) is 6.13. The summed E-state index contributed by atoms with van der Waals surface area (Å²) >= 11 is 3.40. The number of anilines is 3. The van der Waals surface area contributed by atoms with Gasteiger partial charge in [0.25, 0.3) is 0 Å². The van der Waals surface area contributed by atoms with Gasteiger partial charge in [-0.25, -0.2) is 9.97 Å². The molecule has 2 aromatic heterocycles. The third-order valence-electron chi connectivity index (χ3n) is 2.50. The van der Waals surface area contributed by atoms with Gasteiger partial charge in [-0.2, -0.15) is 0 Å². The van der Waals surface area contributed by atoms with E-state index in [-0.39, 0.29) is 0 Å². The standard InChI is InChI=1S/C12H10BrN5/c13-8-1-3-9(4-2-8)16-11-12-15-5-6-18(12)7-10(14)17-11/h1-7H,14H2,(H,16,17). The Morgan fingerprint density at radius 3 is 2.78 bits per heavy atom. The molecule has 0 amide bonds. The number of imidazole rings is 1. The van der Waals surface area contributed by atoms with E-state index in [0.29, 0.717) is 11.6 Å². The first-order chi connectivity index (χ1) is 8.72. The number of halogens is 1. The minimum atomic E-state index is 0.445. The summed E-state index contributed by atoms with van der Waals surface area (Å²) in [5.41, 5.74) is 7.43. The van der Waals surface area contributed by atoms with Crippen molar-refractivity contribution in [2.75, 3.05) is 11.1 Å². The van der Waals surface area contributed by atoms with Crippen LogP contribution in [-0.2, 0) is 0 Å². The van der Waals surface area contributed by atoms with Crippen LogP contribution in [0.15, 0.2) is 47.3 Å². The number of nitrogens with two attached hydrogens (primary N) is 1. The van der Waals surface area contributed by atoms with Crippen molar-refractivity contribution >= 4 is 38.9 Å². The van der Waals surface area contributed by atoms with Crippen LogP contribution in [0, 0.1) is 0 Å². The number of nitrogen functional groups attached to an aromatic ring is 1. The third kappa shape index (κ3) is 2.02. The second-order valence-corrected chi connectivity index (χ2v) is 4.72. The van der Waals surface area contributed by atoms with Gasteiger partial charge in [-0.3, -0.25) is 0 Å². The van der Waals surface area contributed by atoms with Gasteiger partial charge in [-0.15, -0.1) is 0 Å². The number of nitrogens with zero attached hydrogens (tertiary/aromatic N) is 3. The van der Waals surface area contributed by atoms with Crippen molar-refractivity contribution in [3.63, 3.8) is 0 Å². The molecule has 0 unspecified atom stereocenters. The quantitative estimate of drug-likeness (QED) is 0.764. The second kappa shape index (κ2) is 4.30. The summed E-state index contributed by atoms with van der Waals surface area (Å²) in [6, 6.07) is 7.82. The zero-order valence-electron chi connectivity index (χ0n) is 9.34. The molecule has 18 heavy (non-hydrogen) atoms. The van der Waals surface area contributed by atoms with Crippen LogP contribution >= 0.6 is 15.9 Å². The molecule has 0 bridgehead atoms. The summed E-state index contributed by atoms with van der Waals surface area (Å²) < 4.78 is 2.86. The van der Waals surface area contributed by atoms with Crippen LogP contribution in [0.4, 0.5) is 17.3 Å². The third-order valence-corrected chi connectivity index (χ3v) is 3.03. The van der Waals surface area contributed by atoms with E-state index in [0.717, 1.165) is 15.8 Å². The van der Waals surface area contributed by atoms with Gasteiger partial charge in [0.05, 0.1) is 6.20 Å². The molecular formula is C12H10BrN5. The lowest BCUT2D eigenvalue weighted by Gasteiger charge is -2.07. The maximum absolute atomic E-state index is 5.75. The van der Waals surface area contributed by atoms with E-state index in [1.807, 2.05) is 34.9 Å². The molecule has 0 atom stereocenters. The first-order valence-electron chi connectivity index (χ1n) is 5.34. The minimum Gasteiger partial charge on any atom is -0.382 e. The van der Waals surface area contributed by atoms with Crippen LogP contribution in [0.1, 0.15) is 0 Å². The smallest absolute Gasteiger partial charge is 0.180 e. The summed E-state index contributed by atoms with van der Waals surface area (Å²) in [5.74, 6) is 1.09. The largest absolute Gasteiger partial charge is 0.382 e. The van der Waals surface area contributed by atoms with Crippen molar-refractivity contribution in [3.8, 4) is 0 Å². The van der Waals surface area contributed by atoms with Gasteiger partial charge in [-0.05, 0) is 24.3 Å². The van der Waals surface area contributed by atoms with Crippen molar-refractivity contribution in [1.29, 1.82) is 0 Å². The first kappa shape index (κ1) is 11.0. The lowest BCUT2D eigenvalue weighted by Crippen LogP contribution is -2.01. The maximum atomic E-state index is 5.75. The summed E-state index contributed by atoms with van der Waals surface area (Å²) in [5, 5.41) is 3.21. The molecule has 3 N–H and O–H groups in total. The second-order valence-electron chi connectivity index (χ2n) is 3.80. The zero-order chi connectivity index (χ0) is 12.5. The Morgan fingerprint density at radius 1 is 1.22 bits per heavy atom. The zero-order valence-corrected chi connectivity index (χ0v) is 10.9. The summed E-state index contributed by atoms with van der Waals surface area (Å²) in [4.78, 5) is 8.51. The van der Waals surface area contributed by atoms with E-state index in [1.165, 1.54) is 0 Å². The van der Waals surface area contributed by atoms with Crippen molar-refractivity contribution in [1.82, 2.24) is 14.4 Å². The fraction of sp³-hybridized carbons (Fsp3) is 0. The molecule has 0 aliphatic heterocycles. The lowest BCUT2D eigenvalue weighted by atomic mass is 10.3. The predicted molar refractivity (Wildman–Crippen MR) is 74.8 cm³/mol. The number of hydrogen-bond donors (Lipinski definition) is 2. The highest BCUT2D eigenvalue weighted by molar-refractivity contribution is 9.10. The van der Waals surface area contributed by atoms with E-state index in [9.17, 15) is 0 Å². The number of fused-ring (bicyclic) bond motifs is 1. The monoisotopic (exact) mass is 303 g/mol. The normalized spacial score (nSPS) is 10.7. The Bertz CT molecular complexity index is 689. The SMILES string of the molecule is Nc1cn2ccnc2c(Nc2ccc(Br)cc2)n1. The Morgan fingerprint density at radius 2 is 2.00 bits per heavy atom. The molecule has 0 aliphatic rings. The number of aromatic nitrogens is 3. The molecule has 1 aromatic carbocycles. The van der Waals surface area contributed by atoms with Crippen LogP contribution in [-0.4, -0.2) is 14.4 Å². The number of rotatable bonds is 2. The average molecular weight is 304 g/mol. The average Bonchev–Trinajstić information content (AvgIpc) is 2.80. The molecule has 0 radical (unpaired) electrons. The highest BCUT2D eigenvalue weighted by Crippen LogP contribution is 2.21. The van der Waals surface area contributed by atoms with E-state index < -0.39 is 0 Å². The predicted octanol–water partition coefficient (Wildman–Crippen LogP) is 2.82. The van der Waals surface area contributed by atoms with Gasteiger partial charge < -0.3 is 15.5 Å². The Kier molecular flexibility index (Phi) is 2.64. The molecular weight excluding hydrogens is 294 g/mol. The molecule has 3 rings (SSSR count). The molecule has 0 fully saturated rings. The summed E-state index contributed by atoms with van der Waals surface area (Å²) in [6.07, 6.45) is 5.28. The Labute approximate surface area is 112 Å². The van der Waals surface area contributed by atoms with Crippen LogP contribution in [0.5, 0.6) is 0 Å². The van der Waals surface area contributed by atoms with Crippen LogP contribution in [0.3, 0.4) is 0 Å². The molecule has 6 heteroatoms. The molecule has 0 spiro atoms. The van der Waals surface area contributed by atoms with Crippen LogP contribution < -0.4 is 11.1 Å². The van der Waals surface area contributed by atoms with E-state index >= 15 is 0 Å². The molecule has 5 nitrogen and oxygen atoms in total. The van der Waals surface area contributed by atoms with Gasteiger partial charge >= 0.3 is 0 Å². The highest BCUT2D eigenvalue weighted by atomic mass is 79.9. The van der Waals surface area contributed by atoms with E-state index in [2.05, 4.69) is 31.2 Å². The van der Waals surface area contributed by atoms with Crippen molar-refractivity contribution in [2.24, 2.45) is 0 Å². The van der Waals surface area contributed by atoms with Crippen molar-refractivity contribution in [3.05, 3.63) is 47.3 Å². The minimum absolute atomic E-state index is 0.445.